The Balaban J connectivity index is 1.65. The molecule has 0 N–H and O–H groups in total. The van der Waals surface area contributed by atoms with Gasteiger partial charge < -0.3 is 14.6 Å². The minimum atomic E-state index is -1.13. The molecular formula is C18H12Cl2NO3S-. The molecule has 1 aromatic heterocycles. The standard InChI is InChI=1S/C18H13Cl2NO3S/c19-13-5-6-16(15(20)7-13)24-9-11-1-3-12(4-2-11)18-21-14(10-25-18)8-17(22)23/h1-7,10H,8-9H2,(H,22,23)/p-1. The summed E-state index contributed by atoms with van der Waals surface area (Å²) in [4.78, 5) is 14.9. The summed E-state index contributed by atoms with van der Waals surface area (Å²) in [7, 11) is 0. The lowest BCUT2D eigenvalue weighted by Crippen LogP contribution is -2.24. The fraction of sp³-hybridized carbons (Fsp3) is 0.111. The van der Waals surface area contributed by atoms with Crippen LogP contribution in [0.4, 0.5) is 0 Å². The summed E-state index contributed by atoms with van der Waals surface area (Å²) in [5.41, 5.74) is 2.40. The highest BCUT2D eigenvalue weighted by molar-refractivity contribution is 7.13. The molecule has 7 heteroatoms. The normalized spacial score (nSPS) is 10.6. The molecule has 0 amide bonds. The van der Waals surface area contributed by atoms with Gasteiger partial charge in [0, 0.05) is 28.4 Å². The van der Waals surface area contributed by atoms with E-state index in [1.54, 1.807) is 23.6 Å². The zero-order valence-electron chi connectivity index (χ0n) is 12.9. The number of carboxylic acids is 1. The van der Waals surface area contributed by atoms with E-state index in [4.69, 9.17) is 27.9 Å². The van der Waals surface area contributed by atoms with Crippen molar-refractivity contribution in [3.05, 3.63) is 69.1 Å². The Labute approximate surface area is 158 Å². The first-order valence-electron chi connectivity index (χ1n) is 7.32. The highest BCUT2D eigenvalue weighted by atomic mass is 35.5. The molecular weight excluding hydrogens is 381 g/mol. The van der Waals surface area contributed by atoms with Crippen LogP contribution in [0.5, 0.6) is 5.75 Å². The Morgan fingerprint density at radius 1 is 1.16 bits per heavy atom. The summed E-state index contributed by atoms with van der Waals surface area (Å²) in [5, 5.41) is 14.1. The fourth-order valence-electron chi connectivity index (χ4n) is 2.17. The lowest BCUT2D eigenvalue weighted by molar-refractivity contribution is -0.304. The van der Waals surface area contributed by atoms with E-state index < -0.39 is 5.97 Å². The Hall–Kier alpha value is -2.08. The van der Waals surface area contributed by atoms with E-state index in [1.165, 1.54) is 11.3 Å². The molecule has 128 valence electrons. The number of carboxylic acid groups (broad SMARTS) is 1. The topological polar surface area (TPSA) is 62.2 Å². The van der Waals surface area contributed by atoms with E-state index in [1.807, 2.05) is 24.3 Å². The van der Waals surface area contributed by atoms with E-state index in [-0.39, 0.29) is 6.42 Å². The highest BCUT2D eigenvalue weighted by Gasteiger charge is 2.06. The van der Waals surface area contributed by atoms with Crippen LogP contribution in [0.2, 0.25) is 10.0 Å². The molecule has 0 fully saturated rings. The summed E-state index contributed by atoms with van der Waals surface area (Å²) >= 11 is 13.3. The van der Waals surface area contributed by atoms with Crippen molar-refractivity contribution in [2.75, 3.05) is 0 Å². The van der Waals surface area contributed by atoms with E-state index in [9.17, 15) is 9.90 Å². The Morgan fingerprint density at radius 3 is 2.60 bits per heavy atom. The monoisotopic (exact) mass is 392 g/mol. The number of thiazole rings is 1. The smallest absolute Gasteiger partial charge is 0.138 e. The fourth-order valence-corrected chi connectivity index (χ4v) is 3.45. The summed E-state index contributed by atoms with van der Waals surface area (Å²) < 4.78 is 5.70. The van der Waals surface area contributed by atoms with Gasteiger partial charge in [0.25, 0.3) is 0 Å². The Morgan fingerprint density at radius 2 is 1.92 bits per heavy atom. The van der Waals surface area contributed by atoms with Crippen LogP contribution in [0.1, 0.15) is 11.3 Å². The van der Waals surface area contributed by atoms with Crippen LogP contribution in [-0.4, -0.2) is 11.0 Å². The van der Waals surface area contributed by atoms with Crippen molar-refractivity contribution < 1.29 is 14.6 Å². The molecule has 25 heavy (non-hydrogen) atoms. The first-order chi connectivity index (χ1) is 12.0. The summed E-state index contributed by atoms with van der Waals surface area (Å²) in [6.45, 7) is 0.370. The second kappa shape index (κ2) is 7.87. The SMILES string of the molecule is O=C([O-])Cc1csc(-c2ccc(COc3ccc(Cl)cc3Cl)cc2)n1. The van der Waals surface area contributed by atoms with Crippen molar-refractivity contribution in [2.24, 2.45) is 0 Å². The third kappa shape index (κ3) is 4.72. The second-order valence-corrected chi connectivity index (χ2v) is 6.95. The van der Waals surface area contributed by atoms with Crippen molar-refractivity contribution in [3.8, 4) is 16.3 Å². The van der Waals surface area contributed by atoms with Gasteiger partial charge in [0.1, 0.15) is 17.4 Å². The first kappa shape index (κ1) is 17.7. The number of halogens is 2. The molecule has 0 atom stereocenters. The van der Waals surface area contributed by atoms with Gasteiger partial charge in [0.05, 0.1) is 10.7 Å². The predicted octanol–water partition coefficient (Wildman–Crippen LogP) is 3.99. The molecule has 3 rings (SSSR count). The number of aliphatic carboxylic acids is 1. The molecule has 2 aromatic carbocycles. The van der Waals surface area contributed by atoms with Crippen LogP contribution in [0.15, 0.2) is 47.8 Å². The van der Waals surface area contributed by atoms with Crippen molar-refractivity contribution in [2.45, 2.75) is 13.0 Å². The quantitative estimate of drug-likeness (QED) is 0.636. The van der Waals surface area contributed by atoms with Gasteiger partial charge in [0.15, 0.2) is 0 Å². The molecule has 0 saturated carbocycles. The van der Waals surface area contributed by atoms with Crippen molar-refractivity contribution in [1.29, 1.82) is 0 Å². The van der Waals surface area contributed by atoms with Crippen molar-refractivity contribution >= 4 is 40.5 Å². The molecule has 0 unspecified atom stereocenters. The predicted molar refractivity (Wildman–Crippen MR) is 97.1 cm³/mol. The number of carbonyl (C=O) groups is 1. The average Bonchev–Trinajstić information content (AvgIpc) is 3.02. The molecule has 0 spiro atoms. The molecule has 4 nitrogen and oxygen atoms in total. The van der Waals surface area contributed by atoms with Gasteiger partial charge in [-0.3, -0.25) is 0 Å². The van der Waals surface area contributed by atoms with E-state index >= 15 is 0 Å². The Kier molecular flexibility index (Phi) is 5.58. The van der Waals surface area contributed by atoms with Gasteiger partial charge in [-0.05, 0) is 23.8 Å². The van der Waals surface area contributed by atoms with E-state index in [0.29, 0.717) is 28.1 Å². The zero-order valence-corrected chi connectivity index (χ0v) is 15.2. The van der Waals surface area contributed by atoms with Gasteiger partial charge in [0.2, 0.25) is 0 Å². The lowest BCUT2D eigenvalue weighted by Gasteiger charge is -2.08. The van der Waals surface area contributed by atoms with Crippen LogP contribution in [0.3, 0.4) is 0 Å². The first-order valence-corrected chi connectivity index (χ1v) is 8.96. The minimum absolute atomic E-state index is 0.176. The summed E-state index contributed by atoms with van der Waals surface area (Å²) in [6, 6.07) is 12.8. The molecule has 0 aliphatic carbocycles. The third-order valence-electron chi connectivity index (χ3n) is 3.37. The molecule has 3 aromatic rings. The zero-order chi connectivity index (χ0) is 17.8. The maximum atomic E-state index is 10.6. The van der Waals surface area contributed by atoms with Crippen LogP contribution >= 0.6 is 34.5 Å². The maximum absolute atomic E-state index is 10.6. The van der Waals surface area contributed by atoms with Crippen LogP contribution in [0.25, 0.3) is 10.6 Å². The van der Waals surface area contributed by atoms with Gasteiger partial charge >= 0.3 is 0 Å². The number of carbonyl (C=O) groups excluding carboxylic acids is 1. The van der Waals surface area contributed by atoms with E-state index in [0.717, 1.165) is 16.1 Å². The lowest BCUT2D eigenvalue weighted by atomic mass is 10.1. The van der Waals surface area contributed by atoms with Crippen LogP contribution in [0, 0.1) is 0 Å². The number of ether oxygens (including phenoxy) is 1. The van der Waals surface area contributed by atoms with Crippen LogP contribution in [-0.2, 0) is 17.8 Å². The van der Waals surface area contributed by atoms with Gasteiger partial charge in [-0.1, -0.05) is 47.5 Å². The minimum Gasteiger partial charge on any atom is -0.550 e. The number of hydrogen-bond donors (Lipinski definition) is 0. The molecule has 0 bridgehead atoms. The molecule has 0 radical (unpaired) electrons. The van der Waals surface area contributed by atoms with Crippen LogP contribution < -0.4 is 9.84 Å². The molecule has 0 aliphatic heterocycles. The molecule has 0 aliphatic rings. The second-order valence-electron chi connectivity index (χ2n) is 5.25. The molecule has 0 saturated heterocycles. The Bertz CT molecular complexity index is 894. The van der Waals surface area contributed by atoms with Gasteiger partial charge in [-0.25, -0.2) is 4.98 Å². The van der Waals surface area contributed by atoms with Gasteiger partial charge in [-0.15, -0.1) is 11.3 Å². The van der Waals surface area contributed by atoms with Crippen molar-refractivity contribution in [3.63, 3.8) is 0 Å². The van der Waals surface area contributed by atoms with Crippen molar-refractivity contribution in [1.82, 2.24) is 4.98 Å². The highest BCUT2D eigenvalue weighted by Crippen LogP contribution is 2.29. The number of rotatable bonds is 6. The summed E-state index contributed by atoms with van der Waals surface area (Å²) in [6.07, 6.45) is -0.176. The number of aromatic nitrogens is 1. The van der Waals surface area contributed by atoms with Gasteiger partial charge in [-0.2, -0.15) is 0 Å². The number of nitrogens with zero attached hydrogens (tertiary/aromatic N) is 1. The molecule has 1 heterocycles. The summed E-state index contributed by atoms with van der Waals surface area (Å²) in [5.74, 6) is -0.563. The largest absolute Gasteiger partial charge is 0.550 e. The van der Waals surface area contributed by atoms with E-state index in [2.05, 4.69) is 4.98 Å². The number of benzene rings is 2. The third-order valence-corrected chi connectivity index (χ3v) is 4.84. The average molecular weight is 393 g/mol. The number of hydrogen-bond acceptors (Lipinski definition) is 5. The maximum Gasteiger partial charge on any atom is 0.138 e.